The van der Waals surface area contributed by atoms with Gasteiger partial charge in [0.25, 0.3) is 6.43 Å². The summed E-state index contributed by atoms with van der Waals surface area (Å²) >= 11 is 0. The smallest absolute Gasteiger partial charge is 0.251 e. The first-order chi connectivity index (χ1) is 5.61. The predicted molar refractivity (Wildman–Crippen MR) is 44.3 cm³/mol. The van der Waals surface area contributed by atoms with E-state index in [0.717, 1.165) is 0 Å². The van der Waals surface area contributed by atoms with Gasteiger partial charge in [-0.1, -0.05) is 6.08 Å². The normalized spacial score (nSPS) is 13.8. The molecule has 0 aromatic rings. The molecule has 0 spiro atoms. The number of rotatable bonds is 6. The number of halogens is 2. The molecule has 0 aliphatic heterocycles. The lowest BCUT2D eigenvalue weighted by molar-refractivity contribution is 0.0684. The van der Waals surface area contributed by atoms with Gasteiger partial charge in [-0.05, 0) is 6.92 Å². The Morgan fingerprint density at radius 1 is 1.58 bits per heavy atom. The molecule has 0 bridgehead atoms. The minimum atomic E-state index is -2.36. The summed E-state index contributed by atoms with van der Waals surface area (Å²) in [5.41, 5.74) is 0. The zero-order valence-electron chi connectivity index (χ0n) is 7.21. The van der Waals surface area contributed by atoms with Crippen LogP contribution in [0, 0.1) is 0 Å². The predicted octanol–water partition coefficient (Wildman–Crippen LogP) is 1.12. The van der Waals surface area contributed by atoms with Crippen molar-refractivity contribution in [1.29, 1.82) is 0 Å². The van der Waals surface area contributed by atoms with Crippen molar-refractivity contribution < 1.29 is 13.9 Å². The van der Waals surface area contributed by atoms with Gasteiger partial charge in [0.15, 0.2) is 0 Å². The highest BCUT2D eigenvalue weighted by atomic mass is 19.3. The number of alkyl halides is 2. The van der Waals surface area contributed by atoms with Crippen LogP contribution in [-0.4, -0.2) is 42.2 Å². The van der Waals surface area contributed by atoms with E-state index in [0.29, 0.717) is 0 Å². The van der Waals surface area contributed by atoms with Crippen molar-refractivity contribution >= 4 is 0 Å². The first-order valence-corrected chi connectivity index (χ1v) is 3.87. The van der Waals surface area contributed by atoms with E-state index in [1.165, 1.54) is 4.90 Å². The third-order valence-corrected chi connectivity index (χ3v) is 1.68. The molecule has 4 heteroatoms. The van der Waals surface area contributed by atoms with E-state index in [9.17, 15) is 8.78 Å². The van der Waals surface area contributed by atoms with Gasteiger partial charge in [-0.25, -0.2) is 8.78 Å². The average Bonchev–Trinajstić information content (AvgIpc) is 2.01. The fourth-order valence-electron chi connectivity index (χ4n) is 0.916. The van der Waals surface area contributed by atoms with E-state index in [1.807, 2.05) is 0 Å². The standard InChI is InChI=1S/C8H15F2NO/c1-3-7(2)11(4-5-12)6-8(9)10/h3,7-8,12H,1,4-6H2,2H3. The Morgan fingerprint density at radius 2 is 2.17 bits per heavy atom. The molecule has 72 valence electrons. The number of aliphatic hydroxyl groups excluding tert-OH is 1. The third-order valence-electron chi connectivity index (χ3n) is 1.68. The van der Waals surface area contributed by atoms with Crippen LogP contribution in [0.4, 0.5) is 8.78 Å². The molecule has 0 saturated heterocycles. The second kappa shape index (κ2) is 6.08. The summed E-state index contributed by atoms with van der Waals surface area (Å²) in [6.07, 6.45) is -0.781. The lowest BCUT2D eigenvalue weighted by Crippen LogP contribution is -2.37. The monoisotopic (exact) mass is 179 g/mol. The van der Waals surface area contributed by atoms with Gasteiger partial charge >= 0.3 is 0 Å². The van der Waals surface area contributed by atoms with Crippen LogP contribution in [0.2, 0.25) is 0 Å². The van der Waals surface area contributed by atoms with Crippen LogP contribution in [-0.2, 0) is 0 Å². The Bertz CT molecular complexity index is 130. The van der Waals surface area contributed by atoms with Gasteiger partial charge in [-0.3, -0.25) is 4.90 Å². The second-order valence-electron chi connectivity index (χ2n) is 2.59. The van der Waals surface area contributed by atoms with E-state index in [-0.39, 0.29) is 25.7 Å². The molecule has 0 rings (SSSR count). The zero-order chi connectivity index (χ0) is 9.56. The topological polar surface area (TPSA) is 23.5 Å². The van der Waals surface area contributed by atoms with E-state index < -0.39 is 6.43 Å². The van der Waals surface area contributed by atoms with Crippen LogP contribution >= 0.6 is 0 Å². The largest absolute Gasteiger partial charge is 0.395 e. The Hall–Kier alpha value is -0.480. The Labute approximate surface area is 71.5 Å². The molecule has 0 aromatic carbocycles. The number of nitrogens with zero attached hydrogens (tertiary/aromatic N) is 1. The summed E-state index contributed by atoms with van der Waals surface area (Å²) in [5, 5.41) is 8.57. The summed E-state index contributed by atoms with van der Waals surface area (Å²) in [7, 11) is 0. The van der Waals surface area contributed by atoms with Gasteiger partial charge in [0.05, 0.1) is 13.2 Å². The molecule has 1 N–H and O–H groups in total. The first-order valence-electron chi connectivity index (χ1n) is 3.87. The van der Waals surface area contributed by atoms with E-state index in [4.69, 9.17) is 5.11 Å². The highest BCUT2D eigenvalue weighted by Gasteiger charge is 2.14. The van der Waals surface area contributed by atoms with Gasteiger partial charge in [0.1, 0.15) is 0 Å². The number of hydrogen-bond donors (Lipinski definition) is 1. The van der Waals surface area contributed by atoms with E-state index in [2.05, 4.69) is 6.58 Å². The van der Waals surface area contributed by atoms with Gasteiger partial charge in [0, 0.05) is 12.6 Å². The highest BCUT2D eigenvalue weighted by Crippen LogP contribution is 2.03. The van der Waals surface area contributed by atoms with Crippen LogP contribution in [0.15, 0.2) is 12.7 Å². The lowest BCUT2D eigenvalue weighted by atomic mass is 10.3. The lowest BCUT2D eigenvalue weighted by Gasteiger charge is -2.25. The van der Waals surface area contributed by atoms with Crippen molar-refractivity contribution in [3.63, 3.8) is 0 Å². The van der Waals surface area contributed by atoms with Crippen molar-refractivity contribution in [2.45, 2.75) is 19.4 Å². The third kappa shape index (κ3) is 4.41. The molecular weight excluding hydrogens is 164 g/mol. The minimum Gasteiger partial charge on any atom is -0.395 e. The molecule has 0 radical (unpaired) electrons. The molecule has 12 heavy (non-hydrogen) atoms. The molecule has 1 atom stereocenters. The molecule has 0 aliphatic rings. The van der Waals surface area contributed by atoms with Crippen LogP contribution < -0.4 is 0 Å². The van der Waals surface area contributed by atoms with Crippen LogP contribution in [0.1, 0.15) is 6.92 Å². The van der Waals surface area contributed by atoms with Crippen LogP contribution in [0.5, 0.6) is 0 Å². The molecule has 1 unspecified atom stereocenters. The Balaban J connectivity index is 3.93. The summed E-state index contributed by atoms with van der Waals surface area (Å²) in [6.45, 7) is 5.12. The molecule has 0 aromatic heterocycles. The molecule has 0 aliphatic carbocycles. The van der Waals surface area contributed by atoms with E-state index >= 15 is 0 Å². The average molecular weight is 179 g/mol. The molecular formula is C8H15F2NO. The molecule has 0 amide bonds. The quantitative estimate of drug-likeness (QED) is 0.618. The maximum Gasteiger partial charge on any atom is 0.251 e. The van der Waals surface area contributed by atoms with Crippen molar-refractivity contribution in [2.24, 2.45) is 0 Å². The summed E-state index contributed by atoms with van der Waals surface area (Å²) in [5.74, 6) is 0. The minimum absolute atomic E-state index is 0.106. The molecule has 0 fully saturated rings. The summed E-state index contributed by atoms with van der Waals surface area (Å²) in [6, 6.07) is -0.119. The fraction of sp³-hybridized carbons (Fsp3) is 0.750. The fourth-order valence-corrected chi connectivity index (χ4v) is 0.916. The van der Waals surface area contributed by atoms with Gasteiger partial charge in [-0.15, -0.1) is 6.58 Å². The Kier molecular flexibility index (Phi) is 5.84. The van der Waals surface area contributed by atoms with Gasteiger partial charge in [0.2, 0.25) is 0 Å². The van der Waals surface area contributed by atoms with Crippen molar-refractivity contribution in [3.05, 3.63) is 12.7 Å². The molecule has 2 nitrogen and oxygen atoms in total. The first kappa shape index (κ1) is 11.5. The number of hydrogen-bond acceptors (Lipinski definition) is 2. The van der Waals surface area contributed by atoms with Crippen molar-refractivity contribution in [1.82, 2.24) is 4.90 Å². The SMILES string of the molecule is C=CC(C)N(CCO)CC(F)F. The second-order valence-corrected chi connectivity index (χ2v) is 2.59. The van der Waals surface area contributed by atoms with Gasteiger partial charge in [-0.2, -0.15) is 0 Å². The molecule has 0 saturated carbocycles. The maximum absolute atomic E-state index is 11.9. The maximum atomic E-state index is 11.9. The Morgan fingerprint density at radius 3 is 2.50 bits per heavy atom. The van der Waals surface area contributed by atoms with Crippen molar-refractivity contribution in [2.75, 3.05) is 19.7 Å². The number of aliphatic hydroxyl groups is 1. The van der Waals surface area contributed by atoms with Crippen LogP contribution in [0.3, 0.4) is 0 Å². The summed E-state index contributed by atoms with van der Waals surface area (Å²) in [4.78, 5) is 1.48. The summed E-state index contributed by atoms with van der Waals surface area (Å²) < 4.78 is 23.9. The van der Waals surface area contributed by atoms with Crippen molar-refractivity contribution in [3.8, 4) is 0 Å². The van der Waals surface area contributed by atoms with Crippen LogP contribution in [0.25, 0.3) is 0 Å². The molecule has 0 heterocycles. The van der Waals surface area contributed by atoms with Gasteiger partial charge < -0.3 is 5.11 Å². The van der Waals surface area contributed by atoms with E-state index in [1.54, 1.807) is 13.0 Å². The highest BCUT2D eigenvalue weighted by molar-refractivity contribution is 4.84. The zero-order valence-corrected chi connectivity index (χ0v) is 7.21.